The molecule has 1 saturated carbocycles. The lowest BCUT2D eigenvalue weighted by atomic mass is 9.86. The molecule has 1 aliphatic carbocycles. The van der Waals surface area contributed by atoms with E-state index in [4.69, 9.17) is 5.73 Å². The van der Waals surface area contributed by atoms with Gasteiger partial charge in [-0.15, -0.1) is 11.3 Å². The second kappa shape index (κ2) is 4.07. The summed E-state index contributed by atoms with van der Waals surface area (Å²) in [5.41, 5.74) is 6.65. The van der Waals surface area contributed by atoms with Crippen LogP contribution in [0.2, 0.25) is 0 Å². The lowest BCUT2D eigenvalue weighted by Gasteiger charge is -2.22. The molecule has 13 heavy (non-hydrogen) atoms. The zero-order valence-electron chi connectivity index (χ0n) is 7.42. The zero-order valence-corrected chi connectivity index (χ0v) is 9.83. The first-order valence-electron chi connectivity index (χ1n) is 4.66. The van der Waals surface area contributed by atoms with Gasteiger partial charge in [0.25, 0.3) is 0 Å². The van der Waals surface area contributed by atoms with Crippen LogP contribution in [0.15, 0.2) is 3.79 Å². The topological polar surface area (TPSA) is 38.9 Å². The molecular weight excluding hydrogens is 248 g/mol. The van der Waals surface area contributed by atoms with Gasteiger partial charge in [0.2, 0.25) is 0 Å². The van der Waals surface area contributed by atoms with E-state index in [2.05, 4.69) is 20.9 Å². The highest BCUT2D eigenvalue weighted by Crippen LogP contribution is 2.40. The fraction of sp³-hybridized carbons (Fsp3) is 0.667. The van der Waals surface area contributed by atoms with E-state index in [0.717, 1.165) is 18.0 Å². The Bertz CT molecular complexity index is 294. The molecule has 0 atom stereocenters. The molecule has 4 heteroatoms. The van der Waals surface area contributed by atoms with Crippen molar-refractivity contribution in [2.45, 2.75) is 31.6 Å². The van der Waals surface area contributed by atoms with Gasteiger partial charge in [0, 0.05) is 12.3 Å². The van der Waals surface area contributed by atoms with Crippen LogP contribution in [0.3, 0.4) is 0 Å². The summed E-state index contributed by atoms with van der Waals surface area (Å²) >= 11 is 5.33. The maximum absolute atomic E-state index is 5.51. The SMILES string of the molecule is NCCc1nc(C2CCC2)sc1Br. The number of hydrogen-bond donors (Lipinski definition) is 1. The molecule has 0 spiro atoms. The third-order valence-electron chi connectivity index (χ3n) is 2.50. The van der Waals surface area contributed by atoms with Gasteiger partial charge in [-0.05, 0) is 35.3 Å². The number of aromatic nitrogens is 1. The van der Waals surface area contributed by atoms with Gasteiger partial charge in [0.15, 0.2) is 0 Å². The molecule has 1 aromatic rings. The maximum Gasteiger partial charge on any atom is 0.0971 e. The number of thiazole rings is 1. The Morgan fingerprint density at radius 3 is 2.85 bits per heavy atom. The Morgan fingerprint density at radius 2 is 2.31 bits per heavy atom. The fourth-order valence-electron chi connectivity index (χ4n) is 1.47. The van der Waals surface area contributed by atoms with Crippen molar-refractivity contribution in [3.8, 4) is 0 Å². The van der Waals surface area contributed by atoms with Crippen molar-refractivity contribution >= 4 is 27.3 Å². The summed E-state index contributed by atoms with van der Waals surface area (Å²) in [6.07, 6.45) is 4.90. The van der Waals surface area contributed by atoms with Crippen LogP contribution in [0.4, 0.5) is 0 Å². The van der Waals surface area contributed by atoms with E-state index in [-0.39, 0.29) is 0 Å². The van der Waals surface area contributed by atoms with Crippen molar-refractivity contribution < 1.29 is 0 Å². The quantitative estimate of drug-likeness (QED) is 0.908. The van der Waals surface area contributed by atoms with Crippen LogP contribution in [0, 0.1) is 0 Å². The summed E-state index contributed by atoms with van der Waals surface area (Å²) in [7, 11) is 0. The van der Waals surface area contributed by atoms with Gasteiger partial charge in [-0.25, -0.2) is 4.98 Å². The second-order valence-corrected chi connectivity index (χ2v) is 5.79. The molecule has 2 N–H and O–H groups in total. The van der Waals surface area contributed by atoms with Crippen molar-refractivity contribution in [2.24, 2.45) is 5.73 Å². The van der Waals surface area contributed by atoms with Crippen molar-refractivity contribution in [3.05, 3.63) is 14.5 Å². The minimum absolute atomic E-state index is 0.687. The smallest absolute Gasteiger partial charge is 0.0971 e. The van der Waals surface area contributed by atoms with Gasteiger partial charge in [-0.2, -0.15) is 0 Å². The monoisotopic (exact) mass is 260 g/mol. The number of halogens is 1. The number of rotatable bonds is 3. The first-order valence-corrected chi connectivity index (χ1v) is 6.27. The van der Waals surface area contributed by atoms with Crippen molar-refractivity contribution in [3.63, 3.8) is 0 Å². The first-order chi connectivity index (χ1) is 6.31. The predicted octanol–water partition coefficient (Wildman–Crippen LogP) is 2.67. The molecule has 0 unspecified atom stereocenters. The summed E-state index contributed by atoms with van der Waals surface area (Å²) < 4.78 is 1.18. The molecule has 1 heterocycles. The van der Waals surface area contributed by atoms with Crippen LogP contribution in [-0.4, -0.2) is 11.5 Å². The largest absolute Gasteiger partial charge is 0.330 e. The molecule has 0 amide bonds. The third kappa shape index (κ3) is 1.95. The predicted molar refractivity (Wildman–Crippen MR) is 59.2 cm³/mol. The summed E-state index contributed by atoms with van der Waals surface area (Å²) in [6, 6.07) is 0. The highest BCUT2D eigenvalue weighted by Gasteiger charge is 2.23. The van der Waals surface area contributed by atoms with E-state index in [0.29, 0.717) is 6.54 Å². The van der Waals surface area contributed by atoms with Crippen LogP contribution in [-0.2, 0) is 6.42 Å². The number of nitrogens with two attached hydrogens (primary N) is 1. The van der Waals surface area contributed by atoms with Crippen LogP contribution in [0.25, 0.3) is 0 Å². The molecule has 0 aliphatic heterocycles. The molecule has 1 fully saturated rings. The molecule has 1 aromatic heterocycles. The van der Waals surface area contributed by atoms with Crippen molar-refractivity contribution in [1.82, 2.24) is 4.98 Å². The van der Waals surface area contributed by atoms with E-state index in [1.165, 1.54) is 28.1 Å². The Balaban J connectivity index is 2.14. The van der Waals surface area contributed by atoms with Gasteiger partial charge in [0.1, 0.15) is 0 Å². The van der Waals surface area contributed by atoms with Gasteiger partial charge < -0.3 is 5.73 Å². The Kier molecular flexibility index (Phi) is 3.01. The van der Waals surface area contributed by atoms with E-state index in [9.17, 15) is 0 Å². The van der Waals surface area contributed by atoms with Crippen LogP contribution in [0.1, 0.15) is 35.9 Å². The van der Waals surface area contributed by atoms with Gasteiger partial charge >= 0.3 is 0 Å². The Labute approximate surface area is 90.7 Å². The molecular formula is C9H13BrN2S. The number of nitrogens with zero attached hydrogens (tertiary/aromatic N) is 1. The standard InChI is InChI=1S/C9H13BrN2S/c10-8-7(4-5-11)12-9(13-8)6-2-1-3-6/h6H,1-5,11H2. The van der Waals surface area contributed by atoms with Crippen LogP contribution >= 0.6 is 27.3 Å². The average Bonchev–Trinajstić information content (AvgIpc) is 2.30. The molecule has 2 nitrogen and oxygen atoms in total. The average molecular weight is 261 g/mol. The van der Waals surface area contributed by atoms with Crippen LogP contribution in [0.5, 0.6) is 0 Å². The summed E-state index contributed by atoms with van der Waals surface area (Å²) in [5.74, 6) is 0.743. The lowest BCUT2D eigenvalue weighted by molar-refractivity contribution is 0.417. The Morgan fingerprint density at radius 1 is 1.54 bits per heavy atom. The third-order valence-corrected chi connectivity index (χ3v) is 4.49. The van der Waals surface area contributed by atoms with Crippen LogP contribution < -0.4 is 5.73 Å². The van der Waals surface area contributed by atoms with Gasteiger partial charge in [-0.3, -0.25) is 0 Å². The summed E-state index contributed by atoms with van der Waals surface area (Å²) in [6.45, 7) is 0.687. The normalized spacial score (nSPS) is 17.4. The summed E-state index contributed by atoms with van der Waals surface area (Å²) in [4.78, 5) is 4.61. The fourth-order valence-corrected chi connectivity index (χ4v) is 3.26. The van der Waals surface area contributed by atoms with E-state index in [1.807, 2.05) is 0 Å². The lowest BCUT2D eigenvalue weighted by Crippen LogP contribution is -2.09. The maximum atomic E-state index is 5.51. The molecule has 0 saturated heterocycles. The van der Waals surface area contributed by atoms with Crippen molar-refractivity contribution in [1.29, 1.82) is 0 Å². The molecule has 0 bridgehead atoms. The van der Waals surface area contributed by atoms with Crippen molar-refractivity contribution in [2.75, 3.05) is 6.54 Å². The molecule has 72 valence electrons. The second-order valence-electron chi connectivity index (χ2n) is 3.44. The minimum atomic E-state index is 0.687. The Hall–Kier alpha value is 0.0700. The summed E-state index contributed by atoms with van der Waals surface area (Å²) in [5, 5.41) is 1.31. The molecule has 0 radical (unpaired) electrons. The van der Waals surface area contributed by atoms with E-state index in [1.54, 1.807) is 11.3 Å². The number of hydrogen-bond acceptors (Lipinski definition) is 3. The highest BCUT2D eigenvalue weighted by molar-refractivity contribution is 9.11. The molecule has 0 aromatic carbocycles. The first kappa shape index (κ1) is 9.62. The molecule has 2 rings (SSSR count). The minimum Gasteiger partial charge on any atom is -0.330 e. The van der Waals surface area contributed by atoms with Gasteiger partial charge in [-0.1, -0.05) is 6.42 Å². The van der Waals surface area contributed by atoms with E-state index >= 15 is 0 Å². The van der Waals surface area contributed by atoms with Gasteiger partial charge in [0.05, 0.1) is 14.5 Å². The molecule has 1 aliphatic rings. The van der Waals surface area contributed by atoms with E-state index < -0.39 is 0 Å². The highest BCUT2D eigenvalue weighted by atomic mass is 79.9. The zero-order chi connectivity index (χ0) is 9.26.